The second-order valence-corrected chi connectivity index (χ2v) is 9.80. The molecule has 3 amide bonds. The number of carbonyl (C=O) groups excluding carboxylic acids is 3. The number of amides is 3. The Hall–Kier alpha value is -3.76. The summed E-state index contributed by atoms with van der Waals surface area (Å²) in [6.07, 6.45) is -0.772. The van der Waals surface area contributed by atoms with Gasteiger partial charge in [0, 0.05) is 6.42 Å². The lowest BCUT2D eigenvalue weighted by atomic mass is 10.0. The zero-order chi connectivity index (χ0) is 28.2. The number of aliphatic carboxylic acids is 1. The summed E-state index contributed by atoms with van der Waals surface area (Å²) in [6.45, 7) is 5.04. The molecule has 2 aromatic rings. The van der Waals surface area contributed by atoms with Gasteiger partial charge in [-0.15, -0.1) is 0 Å². The van der Waals surface area contributed by atoms with E-state index < -0.39 is 54.0 Å². The molecule has 0 aliphatic rings. The normalized spacial score (nSPS) is 15.0. The average Bonchev–Trinajstić information content (AvgIpc) is 2.86. The predicted octanol–water partition coefficient (Wildman–Crippen LogP) is 0.765. The maximum Gasteiger partial charge on any atom is 0.326 e. The number of carboxylic acid groups (broad SMARTS) is 1. The quantitative estimate of drug-likeness (QED) is 0.211. The Morgan fingerprint density at radius 2 is 1.24 bits per heavy atom. The van der Waals surface area contributed by atoms with Crippen LogP contribution in [0, 0.1) is 5.92 Å². The topological polar surface area (TPSA) is 171 Å². The summed E-state index contributed by atoms with van der Waals surface area (Å²) < 4.78 is 0. The average molecular weight is 527 g/mol. The molecule has 0 spiro atoms. The first kappa shape index (κ1) is 30.5. The number of aliphatic hydroxyl groups excluding tert-OH is 1. The fourth-order valence-electron chi connectivity index (χ4n) is 3.91. The molecule has 5 atom stereocenters. The van der Waals surface area contributed by atoms with Gasteiger partial charge in [0.1, 0.15) is 18.1 Å². The standard InChI is InChI=1S/C28H38N4O6/c1-17(2)14-22(26(35)31-23(28(37)38)16-20-12-8-5-9-13-20)30-27(36)24(18(3)33)32-25(34)21(29)15-19-10-6-4-7-11-19/h4-13,17-18,21-24,33H,14-16,29H2,1-3H3,(H,30,36)(H,31,35)(H,32,34)(H,37,38). The summed E-state index contributed by atoms with van der Waals surface area (Å²) in [5, 5.41) is 27.4. The van der Waals surface area contributed by atoms with E-state index in [1.807, 2.05) is 44.2 Å². The van der Waals surface area contributed by atoms with Gasteiger partial charge in [-0.25, -0.2) is 4.79 Å². The maximum atomic E-state index is 13.1. The van der Waals surface area contributed by atoms with Crippen molar-refractivity contribution in [3.63, 3.8) is 0 Å². The van der Waals surface area contributed by atoms with E-state index in [9.17, 15) is 29.4 Å². The van der Waals surface area contributed by atoms with Gasteiger partial charge in [-0.3, -0.25) is 14.4 Å². The molecular formula is C28H38N4O6. The van der Waals surface area contributed by atoms with Crippen LogP contribution in [0.4, 0.5) is 0 Å². The monoisotopic (exact) mass is 526 g/mol. The lowest BCUT2D eigenvalue weighted by molar-refractivity contribution is -0.142. The molecule has 206 valence electrons. The largest absolute Gasteiger partial charge is 0.480 e. The molecule has 0 fully saturated rings. The van der Waals surface area contributed by atoms with E-state index >= 15 is 0 Å². The molecule has 0 radical (unpaired) electrons. The number of aliphatic hydroxyl groups is 1. The van der Waals surface area contributed by atoms with E-state index in [0.717, 1.165) is 11.1 Å². The van der Waals surface area contributed by atoms with Crippen LogP contribution < -0.4 is 21.7 Å². The minimum Gasteiger partial charge on any atom is -0.480 e. The van der Waals surface area contributed by atoms with Gasteiger partial charge in [0.25, 0.3) is 0 Å². The first-order chi connectivity index (χ1) is 18.0. The summed E-state index contributed by atoms with van der Waals surface area (Å²) in [5.74, 6) is -3.32. The Morgan fingerprint density at radius 1 is 0.737 bits per heavy atom. The van der Waals surface area contributed by atoms with Crippen molar-refractivity contribution in [2.45, 2.75) is 70.3 Å². The van der Waals surface area contributed by atoms with Crippen molar-refractivity contribution in [3.8, 4) is 0 Å². The lowest BCUT2D eigenvalue weighted by Crippen LogP contribution is -2.60. The van der Waals surface area contributed by atoms with Gasteiger partial charge in [0.2, 0.25) is 17.7 Å². The Bertz CT molecular complexity index is 1060. The van der Waals surface area contributed by atoms with Crippen LogP contribution in [0.3, 0.4) is 0 Å². The Morgan fingerprint density at radius 3 is 1.71 bits per heavy atom. The fraction of sp³-hybridized carbons (Fsp3) is 0.429. The van der Waals surface area contributed by atoms with Crippen molar-refractivity contribution in [1.29, 1.82) is 0 Å². The van der Waals surface area contributed by atoms with Crippen molar-refractivity contribution >= 4 is 23.7 Å². The molecule has 10 nitrogen and oxygen atoms in total. The molecule has 0 saturated carbocycles. The zero-order valence-corrected chi connectivity index (χ0v) is 22.0. The lowest BCUT2D eigenvalue weighted by Gasteiger charge is -2.27. The van der Waals surface area contributed by atoms with Gasteiger partial charge in [0.15, 0.2) is 0 Å². The van der Waals surface area contributed by atoms with Crippen LogP contribution >= 0.6 is 0 Å². The molecule has 0 heterocycles. The van der Waals surface area contributed by atoms with Crippen molar-refractivity contribution in [3.05, 3.63) is 71.8 Å². The third-order valence-corrected chi connectivity index (χ3v) is 5.94. The third kappa shape index (κ3) is 9.95. The number of nitrogens with one attached hydrogen (secondary N) is 3. The Labute approximate surface area is 223 Å². The molecule has 0 aliphatic carbocycles. The highest BCUT2D eigenvalue weighted by atomic mass is 16.4. The van der Waals surface area contributed by atoms with Crippen molar-refractivity contribution in [2.75, 3.05) is 0 Å². The Balaban J connectivity index is 2.09. The van der Waals surface area contributed by atoms with E-state index in [4.69, 9.17) is 5.73 Å². The zero-order valence-electron chi connectivity index (χ0n) is 22.0. The number of nitrogens with two attached hydrogens (primary N) is 1. The van der Waals surface area contributed by atoms with E-state index in [-0.39, 0.29) is 25.2 Å². The van der Waals surface area contributed by atoms with Crippen LogP contribution in [0.5, 0.6) is 0 Å². The summed E-state index contributed by atoms with van der Waals surface area (Å²) >= 11 is 0. The Kier molecular flexibility index (Phi) is 11.9. The highest BCUT2D eigenvalue weighted by Crippen LogP contribution is 2.09. The summed E-state index contributed by atoms with van der Waals surface area (Å²) in [7, 11) is 0. The van der Waals surface area contributed by atoms with Crippen LogP contribution in [0.25, 0.3) is 0 Å². The van der Waals surface area contributed by atoms with Gasteiger partial charge in [0.05, 0.1) is 12.1 Å². The van der Waals surface area contributed by atoms with Crippen molar-refractivity contribution in [1.82, 2.24) is 16.0 Å². The molecule has 0 bridgehead atoms. The number of hydrogen-bond acceptors (Lipinski definition) is 6. The van der Waals surface area contributed by atoms with Gasteiger partial charge in [-0.2, -0.15) is 0 Å². The number of benzene rings is 2. The number of carboxylic acids is 1. The second kappa shape index (κ2) is 14.8. The SMILES string of the molecule is CC(C)CC(NC(=O)C(NC(=O)C(N)Cc1ccccc1)C(C)O)C(=O)NC(Cc1ccccc1)C(=O)O. The van der Waals surface area contributed by atoms with E-state index in [1.54, 1.807) is 30.3 Å². The molecule has 7 N–H and O–H groups in total. The number of rotatable bonds is 14. The van der Waals surface area contributed by atoms with Crippen LogP contribution in [0.2, 0.25) is 0 Å². The molecule has 5 unspecified atom stereocenters. The smallest absolute Gasteiger partial charge is 0.326 e. The van der Waals surface area contributed by atoms with E-state index in [0.29, 0.717) is 0 Å². The minimum atomic E-state index is -1.37. The van der Waals surface area contributed by atoms with Crippen LogP contribution in [0.15, 0.2) is 60.7 Å². The van der Waals surface area contributed by atoms with Crippen LogP contribution in [-0.4, -0.2) is 64.2 Å². The second-order valence-electron chi connectivity index (χ2n) is 9.80. The first-order valence-electron chi connectivity index (χ1n) is 12.6. The molecular weight excluding hydrogens is 488 g/mol. The van der Waals surface area contributed by atoms with Gasteiger partial charge in [-0.1, -0.05) is 74.5 Å². The van der Waals surface area contributed by atoms with Gasteiger partial charge >= 0.3 is 5.97 Å². The van der Waals surface area contributed by atoms with Crippen LogP contribution in [-0.2, 0) is 32.0 Å². The summed E-state index contributed by atoms with van der Waals surface area (Å²) in [5.41, 5.74) is 7.58. The molecule has 2 rings (SSSR count). The third-order valence-electron chi connectivity index (χ3n) is 5.94. The van der Waals surface area contributed by atoms with E-state index in [1.165, 1.54) is 6.92 Å². The van der Waals surface area contributed by atoms with Crippen LogP contribution in [0.1, 0.15) is 38.3 Å². The molecule has 0 saturated heterocycles. The molecule has 2 aromatic carbocycles. The molecule has 0 aliphatic heterocycles. The maximum absolute atomic E-state index is 13.1. The highest BCUT2D eigenvalue weighted by molar-refractivity contribution is 5.94. The fourth-order valence-corrected chi connectivity index (χ4v) is 3.91. The molecule has 10 heteroatoms. The van der Waals surface area contributed by atoms with E-state index in [2.05, 4.69) is 16.0 Å². The van der Waals surface area contributed by atoms with Crippen molar-refractivity contribution < 1.29 is 29.4 Å². The highest BCUT2D eigenvalue weighted by Gasteiger charge is 2.32. The molecule has 38 heavy (non-hydrogen) atoms. The summed E-state index contributed by atoms with van der Waals surface area (Å²) in [4.78, 5) is 50.7. The van der Waals surface area contributed by atoms with Gasteiger partial charge < -0.3 is 31.9 Å². The summed E-state index contributed by atoms with van der Waals surface area (Å²) in [6, 6.07) is 13.4. The molecule has 0 aromatic heterocycles. The number of carbonyl (C=O) groups is 4. The van der Waals surface area contributed by atoms with Gasteiger partial charge in [-0.05, 0) is 36.8 Å². The predicted molar refractivity (Wildman–Crippen MR) is 143 cm³/mol. The first-order valence-corrected chi connectivity index (χ1v) is 12.6. The van der Waals surface area contributed by atoms with Crippen molar-refractivity contribution in [2.24, 2.45) is 11.7 Å². The minimum absolute atomic E-state index is 0.0256. The number of hydrogen-bond donors (Lipinski definition) is 6.